The molecule has 0 bridgehead atoms. The third-order valence-corrected chi connectivity index (χ3v) is 8.42. The van der Waals surface area contributed by atoms with Gasteiger partial charge in [0.2, 0.25) is 0 Å². The molecule has 3 aromatic carbocycles. The van der Waals surface area contributed by atoms with Gasteiger partial charge in [-0.05, 0) is 79.6 Å². The van der Waals surface area contributed by atoms with Gasteiger partial charge in [0.1, 0.15) is 5.82 Å². The summed E-state index contributed by atoms with van der Waals surface area (Å²) in [6.07, 6.45) is 1.62. The summed E-state index contributed by atoms with van der Waals surface area (Å²) in [6, 6.07) is 16.3. The van der Waals surface area contributed by atoms with Gasteiger partial charge in [0.25, 0.3) is 15.9 Å². The Kier molecular flexibility index (Phi) is 6.94. The Bertz CT molecular complexity index is 1500. The van der Waals surface area contributed by atoms with Gasteiger partial charge in [0.15, 0.2) is 5.13 Å². The second-order valence-corrected chi connectivity index (χ2v) is 11.4. The van der Waals surface area contributed by atoms with Crippen LogP contribution in [0.3, 0.4) is 0 Å². The van der Waals surface area contributed by atoms with Crippen LogP contribution in [0.1, 0.15) is 23.2 Å². The number of anilines is 2. The average Bonchev–Trinajstić information content (AvgIpc) is 3.52. The normalized spacial score (nSPS) is 15.8. The topological polar surface area (TPSA) is 88.6 Å². The van der Waals surface area contributed by atoms with E-state index in [1.54, 1.807) is 23.1 Å². The summed E-state index contributed by atoms with van der Waals surface area (Å²) in [5, 5.41) is 0.881. The minimum atomic E-state index is -3.82. The van der Waals surface area contributed by atoms with Crippen LogP contribution in [0.25, 0.3) is 10.2 Å². The van der Waals surface area contributed by atoms with E-state index < -0.39 is 10.0 Å². The summed E-state index contributed by atoms with van der Waals surface area (Å²) in [7, 11) is -3.82. The van der Waals surface area contributed by atoms with E-state index in [0.717, 1.165) is 12.8 Å². The first-order valence-corrected chi connectivity index (χ1v) is 13.8. The molecule has 1 fully saturated rings. The molecule has 1 unspecified atom stereocenters. The molecule has 1 aliphatic heterocycles. The summed E-state index contributed by atoms with van der Waals surface area (Å²) in [5.41, 5.74) is 1.27. The maximum absolute atomic E-state index is 13.7. The largest absolute Gasteiger partial charge is 0.376 e. The Balaban J connectivity index is 1.39. The molecular weight excluding hydrogens is 525 g/mol. The highest BCUT2D eigenvalue weighted by Gasteiger charge is 2.27. The molecule has 1 aromatic heterocycles. The van der Waals surface area contributed by atoms with Crippen molar-refractivity contribution in [3.8, 4) is 0 Å². The molecular formula is C25H21ClFN3O4S2. The number of nitrogens with one attached hydrogen (secondary N) is 1. The molecule has 0 aliphatic carbocycles. The highest BCUT2D eigenvalue weighted by Crippen LogP contribution is 2.31. The molecule has 2 heterocycles. The summed E-state index contributed by atoms with van der Waals surface area (Å²) >= 11 is 7.08. The highest BCUT2D eigenvalue weighted by atomic mass is 35.5. The fourth-order valence-corrected chi connectivity index (χ4v) is 6.09. The lowest BCUT2D eigenvalue weighted by Crippen LogP contribution is -2.37. The number of amides is 1. The number of aromatic nitrogens is 1. The molecule has 4 aromatic rings. The molecule has 1 atom stereocenters. The highest BCUT2D eigenvalue weighted by molar-refractivity contribution is 7.92. The Hall–Kier alpha value is -3.05. The van der Waals surface area contributed by atoms with Gasteiger partial charge in [-0.15, -0.1) is 0 Å². The van der Waals surface area contributed by atoms with Crippen molar-refractivity contribution in [1.82, 2.24) is 4.98 Å². The first-order valence-electron chi connectivity index (χ1n) is 11.2. The molecule has 1 amide bonds. The molecule has 0 saturated carbocycles. The molecule has 1 aliphatic rings. The van der Waals surface area contributed by atoms with E-state index >= 15 is 0 Å². The van der Waals surface area contributed by atoms with Crippen molar-refractivity contribution < 1.29 is 22.3 Å². The number of nitrogens with zero attached hydrogens (tertiary/aromatic N) is 2. The number of benzene rings is 3. The lowest BCUT2D eigenvalue weighted by Gasteiger charge is -2.23. The van der Waals surface area contributed by atoms with Gasteiger partial charge in [0.05, 0.1) is 27.8 Å². The van der Waals surface area contributed by atoms with Crippen molar-refractivity contribution in [2.75, 3.05) is 22.8 Å². The number of halogens is 2. The standard InChI is InChI=1S/C25H21ClFN3O4S2/c26-17-5-10-21(11-6-17)36(32,33)29-19-8-3-16(4-9-19)24(31)30(15-20-2-1-13-34-20)25-28-22-12-7-18(27)14-23(22)35-25/h3-12,14,20,29H,1-2,13,15H2. The SMILES string of the molecule is O=C(c1ccc(NS(=O)(=O)c2ccc(Cl)cc2)cc1)N(CC1CCCO1)c1nc2ccc(F)cc2s1. The second-order valence-electron chi connectivity index (χ2n) is 8.30. The van der Waals surface area contributed by atoms with Gasteiger partial charge in [-0.3, -0.25) is 14.4 Å². The van der Waals surface area contributed by atoms with E-state index in [2.05, 4.69) is 9.71 Å². The molecule has 0 spiro atoms. The van der Waals surface area contributed by atoms with Crippen LogP contribution < -0.4 is 9.62 Å². The molecule has 0 radical (unpaired) electrons. The number of hydrogen-bond donors (Lipinski definition) is 1. The van der Waals surface area contributed by atoms with Crippen LogP contribution in [0.15, 0.2) is 71.6 Å². The van der Waals surface area contributed by atoms with Gasteiger partial charge >= 0.3 is 0 Å². The van der Waals surface area contributed by atoms with E-state index in [1.165, 1.54) is 59.9 Å². The van der Waals surface area contributed by atoms with Crippen molar-refractivity contribution in [3.05, 3.63) is 83.1 Å². The molecule has 1 saturated heterocycles. The average molecular weight is 546 g/mol. The zero-order valence-corrected chi connectivity index (χ0v) is 21.2. The fraction of sp³-hybridized carbons (Fsp3) is 0.200. The van der Waals surface area contributed by atoms with Gasteiger partial charge in [-0.1, -0.05) is 22.9 Å². The van der Waals surface area contributed by atoms with Gasteiger partial charge < -0.3 is 4.74 Å². The van der Waals surface area contributed by atoms with Crippen LogP contribution in [0.4, 0.5) is 15.2 Å². The maximum Gasteiger partial charge on any atom is 0.261 e. The van der Waals surface area contributed by atoms with Gasteiger partial charge in [-0.25, -0.2) is 17.8 Å². The first kappa shape index (κ1) is 24.6. The number of carbonyl (C=O) groups is 1. The Labute approximate surface area is 216 Å². The number of fused-ring (bicyclic) bond motifs is 1. The van der Waals surface area contributed by atoms with E-state index in [1.807, 2.05) is 0 Å². The van der Waals surface area contributed by atoms with Crippen LogP contribution in [0, 0.1) is 5.82 Å². The monoisotopic (exact) mass is 545 g/mol. The number of carbonyl (C=O) groups excluding carboxylic acids is 1. The maximum atomic E-state index is 13.7. The summed E-state index contributed by atoms with van der Waals surface area (Å²) in [4.78, 5) is 19.7. The number of ether oxygens (including phenoxy) is 1. The Morgan fingerprint density at radius 2 is 1.89 bits per heavy atom. The predicted molar refractivity (Wildman–Crippen MR) is 139 cm³/mol. The van der Waals surface area contributed by atoms with Gasteiger partial charge in [0, 0.05) is 22.9 Å². The van der Waals surface area contributed by atoms with Crippen LogP contribution >= 0.6 is 22.9 Å². The predicted octanol–water partition coefficient (Wildman–Crippen LogP) is 5.72. The second kappa shape index (κ2) is 10.1. The smallest absolute Gasteiger partial charge is 0.261 e. The van der Waals surface area contributed by atoms with Crippen molar-refractivity contribution in [3.63, 3.8) is 0 Å². The van der Waals surface area contributed by atoms with Crippen molar-refractivity contribution in [2.24, 2.45) is 0 Å². The summed E-state index contributed by atoms with van der Waals surface area (Å²) in [5.74, 6) is -0.677. The van der Waals surface area contributed by atoms with Crippen molar-refractivity contribution >= 4 is 59.9 Å². The number of thiazole rings is 1. The summed E-state index contributed by atoms with van der Waals surface area (Å²) in [6.45, 7) is 0.951. The zero-order valence-electron chi connectivity index (χ0n) is 18.9. The summed E-state index contributed by atoms with van der Waals surface area (Å²) < 4.78 is 47.9. The molecule has 36 heavy (non-hydrogen) atoms. The molecule has 7 nitrogen and oxygen atoms in total. The Morgan fingerprint density at radius 3 is 2.58 bits per heavy atom. The van der Waals surface area contributed by atoms with E-state index in [0.29, 0.717) is 44.8 Å². The van der Waals surface area contributed by atoms with Crippen LogP contribution in [-0.4, -0.2) is 38.6 Å². The minimum Gasteiger partial charge on any atom is -0.376 e. The lowest BCUT2D eigenvalue weighted by atomic mass is 10.1. The van der Waals surface area contributed by atoms with E-state index in [4.69, 9.17) is 16.3 Å². The van der Waals surface area contributed by atoms with Crippen LogP contribution in [0.5, 0.6) is 0 Å². The fourth-order valence-electron chi connectivity index (χ4n) is 3.91. The first-order chi connectivity index (χ1) is 17.3. The molecule has 5 rings (SSSR count). The lowest BCUT2D eigenvalue weighted by molar-refractivity contribution is 0.0917. The van der Waals surface area contributed by atoms with Crippen LogP contribution in [0.2, 0.25) is 5.02 Å². The quantitative estimate of drug-likeness (QED) is 0.321. The number of rotatable bonds is 7. The van der Waals surface area contributed by atoms with Crippen LogP contribution in [-0.2, 0) is 14.8 Å². The number of hydrogen-bond acceptors (Lipinski definition) is 6. The van der Waals surface area contributed by atoms with Gasteiger partial charge in [-0.2, -0.15) is 0 Å². The molecule has 1 N–H and O–H groups in total. The molecule has 11 heteroatoms. The van der Waals surface area contributed by atoms with Crippen molar-refractivity contribution in [2.45, 2.75) is 23.8 Å². The third kappa shape index (κ3) is 5.36. The van der Waals surface area contributed by atoms with E-state index in [-0.39, 0.29) is 22.7 Å². The van der Waals surface area contributed by atoms with E-state index in [9.17, 15) is 17.6 Å². The van der Waals surface area contributed by atoms with Crippen molar-refractivity contribution in [1.29, 1.82) is 0 Å². The molecule has 186 valence electrons. The zero-order chi connectivity index (χ0) is 25.3. The number of sulfonamides is 1. The third-order valence-electron chi connectivity index (χ3n) is 5.73. The minimum absolute atomic E-state index is 0.0714. The Morgan fingerprint density at radius 1 is 1.14 bits per heavy atom.